The van der Waals surface area contributed by atoms with Crippen molar-refractivity contribution in [3.63, 3.8) is 0 Å². The Kier molecular flexibility index (Phi) is 13.8. The number of nitrogens with one attached hydrogen (secondary N) is 3. The Labute approximate surface area is 327 Å². The number of amides is 4. The molecule has 54 heavy (non-hydrogen) atoms. The minimum atomic E-state index is -1.25. The van der Waals surface area contributed by atoms with Crippen LogP contribution in [0.2, 0.25) is 0 Å². The average Bonchev–Trinajstić information content (AvgIpc) is 3.74. The highest BCUT2D eigenvalue weighted by Gasteiger charge is 2.57. The number of hydrogen-bond donors (Lipinski definition) is 5. The van der Waals surface area contributed by atoms with Gasteiger partial charge in [-0.05, 0) is 25.1 Å². The zero-order chi connectivity index (χ0) is 38.4. The second-order valence-corrected chi connectivity index (χ2v) is 15.6. The minimum absolute atomic E-state index is 0. The van der Waals surface area contributed by atoms with Gasteiger partial charge in [0.05, 0.1) is 0 Å². The van der Waals surface area contributed by atoms with E-state index in [1.165, 1.54) is 57.3 Å². The van der Waals surface area contributed by atoms with Crippen LogP contribution >= 0.6 is 58.6 Å². The Morgan fingerprint density at radius 2 is 1.83 bits per heavy atom. The zero-order valence-electron chi connectivity index (χ0n) is 28.2. The van der Waals surface area contributed by atoms with Crippen LogP contribution in [-0.4, -0.2) is 109 Å². The Bertz CT molecular complexity index is 2010. The summed E-state index contributed by atoms with van der Waals surface area (Å²) >= 11 is 4.81. The highest BCUT2D eigenvalue weighted by Crippen LogP contribution is 2.44. The van der Waals surface area contributed by atoms with Crippen LogP contribution in [0.4, 0.5) is 5.13 Å². The molecule has 0 bridgehead atoms. The molecule has 4 amide bonds. The highest BCUT2D eigenvalue weighted by atomic mass is 35.5. The third kappa shape index (κ3) is 9.93. The van der Waals surface area contributed by atoms with Gasteiger partial charge in [-0.3, -0.25) is 44.4 Å². The summed E-state index contributed by atoms with van der Waals surface area (Å²) < 4.78 is 10.6. The summed E-state index contributed by atoms with van der Waals surface area (Å²) in [5.74, 6) is -5.58. The number of ether oxygens (including phenoxy) is 2. The number of rotatable bonds is 13. The van der Waals surface area contributed by atoms with Gasteiger partial charge in [0.2, 0.25) is 5.91 Å². The molecule has 0 radical (unpaired) electrons. The van der Waals surface area contributed by atoms with Crippen molar-refractivity contribution in [2.45, 2.75) is 36.5 Å². The first-order valence-corrected chi connectivity index (χ1v) is 18.8. The monoisotopic (exact) mass is 843 g/mol. The lowest BCUT2D eigenvalue weighted by Crippen LogP contribution is -2.74. The van der Waals surface area contributed by atoms with Crippen LogP contribution in [0.25, 0.3) is 0 Å². The number of oxime groups is 1. The Hall–Kier alpha value is -5.04. The molecule has 2 fully saturated rings. The van der Waals surface area contributed by atoms with Gasteiger partial charge in [0.1, 0.15) is 27.5 Å². The predicted octanol–water partition coefficient (Wildman–Crippen LogP) is 0.603. The van der Waals surface area contributed by atoms with Crippen LogP contribution in [0, 0.1) is 12.3 Å². The number of aryl methyl sites for hydroxylation is 1. The molecule has 288 valence electrons. The summed E-state index contributed by atoms with van der Waals surface area (Å²) in [5.41, 5.74) is 8.22. The van der Waals surface area contributed by atoms with Crippen LogP contribution in [0.5, 0.6) is 11.5 Å². The quantitative estimate of drug-likeness (QED) is 0.0393. The minimum Gasteiger partial charge on any atom is -0.481 e. The second kappa shape index (κ2) is 17.9. The highest BCUT2D eigenvalue weighted by molar-refractivity contribution is 8.01. The van der Waals surface area contributed by atoms with Gasteiger partial charge in [-0.25, -0.2) is 4.98 Å². The fourth-order valence-electron chi connectivity index (χ4n) is 4.77. The lowest BCUT2D eigenvalue weighted by Gasteiger charge is -2.53. The number of benzene rings is 1. The van der Waals surface area contributed by atoms with E-state index in [0.29, 0.717) is 4.34 Å². The van der Waals surface area contributed by atoms with Gasteiger partial charge >= 0.3 is 17.9 Å². The van der Waals surface area contributed by atoms with Crippen molar-refractivity contribution in [3.05, 3.63) is 39.8 Å². The maximum atomic E-state index is 13.4. The number of carbonyl (C=O) groups is 7. The van der Waals surface area contributed by atoms with Crippen molar-refractivity contribution in [1.82, 2.24) is 36.2 Å². The number of β-lactam (4-membered cyclic amide) rings is 1. The molecule has 2 saturated heterocycles. The first-order chi connectivity index (χ1) is 25.2. The van der Waals surface area contributed by atoms with Crippen LogP contribution in [-0.2, 0) is 33.6 Å². The Morgan fingerprint density at radius 3 is 2.46 bits per heavy atom. The molecule has 4 heterocycles. The topological polar surface area (TPSA) is 284 Å². The van der Waals surface area contributed by atoms with Gasteiger partial charge in [-0.2, -0.15) is 0 Å². The lowest BCUT2D eigenvalue weighted by atomic mass is 9.89. The number of halogens is 1. The Balaban J connectivity index is 0.00000650. The molecule has 0 saturated carbocycles. The zero-order valence-corrected chi connectivity index (χ0v) is 32.3. The molecular formula is C29H30ClN9O11S4. The first kappa shape index (κ1) is 41.7. The number of nitrogen functional groups attached to an aromatic ring is 1. The number of aliphatic carboxylic acids is 1. The van der Waals surface area contributed by atoms with E-state index < -0.39 is 70.7 Å². The number of carbonyl (C=O) groups excluding carboxylic acids is 6. The molecule has 0 aliphatic carbocycles. The molecule has 2 aliphatic heterocycles. The normalized spacial score (nSPS) is 18.9. The average molecular weight is 844 g/mol. The number of aromatic nitrogens is 3. The fourth-order valence-corrected chi connectivity index (χ4v) is 8.99. The van der Waals surface area contributed by atoms with Gasteiger partial charge in [-0.1, -0.05) is 28.3 Å². The number of esters is 2. The van der Waals surface area contributed by atoms with Gasteiger partial charge in [0.25, 0.3) is 17.7 Å². The van der Waals surface area contributed by atoms with E-state index in [-0.39, 0.29) is 58.3 Å². The van der Waals surface area contributed by atoms with E-state index in [9.17, 15) is 38.7 Å². The predicted molar refractivity (Wildman–Crippen MR) is 196 cm³/mol. The summed E-state index contributed by atoms with van der Waals surface area (Å²) in [6.07, 6.45) is 0. The standard InChI is InChI=1S/C29H29N9O11S4.ClH/c1-12-33-36-28(53-12)52-11-29(26(45)46)9-38-24(44)21(25(38)51-10-29)32-23(43)20(16-8-50-27(30)31-16)37-47-7-19(41)34-35-22(42)15-4-5-17(48-13(2)39)18(6-15)49-14(3)40;/h4-6,8,21,25H,7,9-11H2,1-3H3,(H2,30,31)(H,32,43)(H,34,41)(H,35,42)(H,45,46);1H/t21?,25-,29?;/m1./s1. The van der Waals surface area contributed by atoms with E-state index >= 15 is 0 Å². The summed E-state index contributed by atoms with van der Waals surface area (Å²) in [7, 11) is 0. The SMILES string of the molecule is CC(=O)Oc1ccc(C(=O)NNC(=O)CON=C(C(=O)NC2C(=O)N3CC(CSc4nnc(C)s4)(C(=O)O)CS[C@H]23)c2csc(N)n2)cc1OC(C)=O.Cl. The molecule has 3 aromatic rings. The van der Waals surface area contributed by atoms with Gasteiger partial charge in [-0.15, -0.1) is 45.7 Å². The number of nitrogens with zero attached hydrogens (tertiary/aromatic N) is 5. The van der Waals surface area contributed by atoms with Crippen molar-refractivity contribution in [2.75, 3.05) is 30.4 Å². The molecule has 5 rings (SSSR count). The molecule has 3 atom stereocenters. The van der Waals surface area contributed by atoms with E-state index in [2.05, 4.69) is 36.5 Å². The van der Waals surface area contributed by atoms with Crippen LogP contribution in [0.3, 0.4) is 0 Å². The number of thiazole rings is 1. The number of hydrogen-bond acceptors (Lipinski definition) is 19. The molecule has 2 aromatic heterocycles. The van der Waals surface area contributed by atoms with Crippen molar-refractivity contribution >= 4 is 111 Å². The maximum Gasteiger partial charge on any atom is 0.313 e. The van der Waals surface area contributed by atoms with E-state index in [1.807, 2.05) is 0 Å². The van der Waals surface area contributed by atoms with Gasteiger partial charge in [0, 0.05) is 42.8 Å². The summed E-state index contributed by atoms with van der Waals surface area (Å²) in [6, 6.07) is 2.58. The van der Waals surface area contributed by atoms with E-state index in [4.69, 9.17) is 20.0 Å². The molecule has 1 aromatic carbocycles. The number of anilines is 1. The van der Waals surface area contributed by atoms with Crippen LogP contribution in [0.1, 0.15) is 34.9 Å². The number of hydrazine groups is 1. The molecule has 0 spiro atoms. The molecule has 20 nitrogen and oxygen atoms in total. The Morgan fingerprint density at radius 1 is 1.11 bits per heavy atom. The lowest BCUT2D eigenvalue weighted by molar-refractivity contribution is -0.157. The van der Waals surface area contributed by atoms with Gasteiger partial charge < -0.3 is 35.4 Å². The van der Waals surface area contributed by atoms with Crippen molar-refractivity contribution in [2.24, 2.45) is 10.6 Å². The fraction of sp³-hybridized carbons (Fsp3) is 0.345. The van der Waals surface area contributed by atoms with Crippen molar-refractivity contribution in [3.8, 4) is 11.5 Å². The number of carboxylic acids is 1. The maximum absolute atomic E-state index is 13.4. The largest absolute Gasteiger partial charge is 0.481 e. The van der Waals surface area contributed by atoms with E-state index in [1.54, 1.807) is 6.92 Å². The smallest absolute Gasteiger partial charge is 0.313 e. The molecule has 2 aliphatic rings. The summed E-state index contributed by atoms with van der Waals surface area (Å²) in [6.45, 7) is 3.18. The number of carboxylic acid groups (broad SMARTS) is 1. The molecule has 6 N–H and O–H groups in total. The number of fused-ring (bicyclic) bond motifs is 1. The van der Waals surface area contributed by atoms with E-state index in [0.717, 1.165) is 36.3 Å². The van der Waals surface area contributed by atoms with Crippen LogP contribution < -0.4 is 31.4 Å². The molecule has 2 unspecified atom stereocenters. The molecular weight excluding hydrogens is 814 g/mol. The summed E-state index contributed by atoms with van der Waals surface area (Å²) in [5, 5.41) is 26.1. The number of nitrogens with two attached hydrogens (primary N) is 1. The number of thioether (sulfide) groups is 2. The van der Waals surface area contributed by atoms with Crippen LogP contribution in [0.15, 0.2) is 33.1 Å². The van der Waals surface area contributed by atoms with Gasteiger partial charge in [0.15, 0.2) is 33.3 Å². The summed E-state index contributed by atoms with van der Waals surface area (Å²) in [4.78, 5) is 97.3. The first-order valence-electron chi connectivity index (χ1n) is 15.1. The second-order valence-electron chi connectivity index (χ2n) is 11.2. The third-order valence-corrected chi connectivity index (χ3v) is 11.7. The third-order valence-electron chi connectivity index (χ3n) is 7.22. The molecule has 25 heteroatoms. The van der Waals surface area contributed by atoms with Crippen molar-refractivity contribution in [1.29, 1.82) is 0 Å². The van der Waals surface area contributed by atoms with Crippen molar-refractivity contribution < 1.29 is 53.0 Å².